The predicted molar refractivity (Wildman–Crippen MR) is 79.9 cm³/mol. The van der Waals surface area contributed by atoms with Gasteiger partial charge in [-0.05, 0) is 30.5 Å². The van der Waals surface area contributed by atoms with Crippen molar-refractivity contribution in [1.82, 2.24) is 19.9 Å². The average Bonchev–Trinajstić information content (AvgIpc) is 2.53. The van der Waals surface area contributed by atoms with Crippen molar-refractivity contribution >= 4 is 11.9 Å². The molecule has 0 aromatic carbocycles. The zero-order chi connectivity index (χ0) is 14.9. The molecule has 0 radical (unpaired) electrons. The molecule has 0 aliphatic carbocycles. The van der Waals surface area contributed by atoms with Gasteiger partial charge < -0.3 is 10.1 Å². The van der Waals surface area contributed by atoms with E-state index in [1.165, 1.54) is 5.56 Å². The first-order chi connectivity index (χ1) is 10.3. The average molecular weight is 289 g/mol. The number of anilines is 2. The lowest BCUT2D eigenvalue weighted by Crippen LogP contribution is -2.15. The Morgan fingerprint density at radius 3 is 2.62 bits per heavy atom. The maximum atomic E-state index is 5.40. The first-order valence-corrected chi connectivity index (χ1v) is 6.80. The summed E-state index contributed by atoms with van der Waals surface area (Å²) in [5.74, 6) is 6.04. The monoisotopic (exact) mass is 289 g/mol. The molecule has 0 atom stereocenters. The van der Waals surface area contributed by atoms with Crippen molar-refractivity contribution in [1.29, 1.82) is 0 Å². The number of nitrogens with zero attached hydrogens (tertiary/aromatic N) is 4. The third kappa shape index (κ3) is 4.84. The highest BCUT2D eigenvalue weighted by Gasteiger charge is 2.06. The van der Waals surface area contributed by atoms with Crippen LogP contribution < -0.4 is 21.3 Å². The largest absolute Gasteiger partial charge is 0.463 e. The Kier molecular flexibility index (Phi) is 5.65. The van der Waals surface area contributed by atoms with Crippen LogP contribution >= 0.6 is 0 Å². The number of rotatable bonds is 8. The molecule has 21 heavy (non-hydrogen) atoms. The number of pyridine rings is 1. The Morgan fingerprint density at radius 2 is 1.90 bits per heavy atom. The molecule has 0 bridgehead atoms. The molecule has 2 aromatic heterocycles. The van der Waals surface area contributed by atoms with Crippen LogP contribution in [0.4, 0.5) is 11.9 Å². The van der Waals surface area contributed by atoms with Crippen LogP contribution in [0.15, 0.2) is 24.5 Å². The Balaban J connectivity index is 1.95. The number of hydrogen-bond donors (Lipinski definition) is 3. The van der Waals surface area contributed by atoms with Gasteiger partial charge >= 0.3 is 6.01 Å². The molecule has 0 fully saturated rings. The summed E-state index contributed by atoms with van der Waals surface area (Å²) in [5.41, 5.74) is 3.59. The highest BCUT2D eigenvalue weighted by molar-refractivity contribution is 5.35. The number of hydrazine groups is 1. The number of nitrogens with two attached hydrogens (primary N) is 1. The molecule has 0 saturated carbocycles. The van der Waals surface area contributed by atoms with Crippen LogP contribution in [0.3, 0.4) is 0 Å². The lowest BCUT2D eigenvalue weighted by atomic mass is 10.2. The molecule has 0 amide bonds. The zero-order valence-corrected chi connectivity index (χ0v) is 11.9. The highest BCUT2D eigenvalue weighted by Crippen LogP contribution is 2.10. The van der Waals surface area contributed by atoms with Crippen LogP contribution in [-0.2, 0) is 6.42 Å². The molecule has 0 unspecified atom stereocenters. The van der Waals surface area contributed by atoms with E-state index in [0.29, 0.717) is 19.1 Å². The van der Waals surface area contributed by atoms with Crippen LogP contribution in [0, 0.1) is 0 Å². The van der Waals surface area contributed by atoms with E-state index < -0.39 is 0 Å². The Labute approximate surface area is 123 Å². The highest BCUT2D eigenvalue weighted by atomic mass is 16.5. The molecule has 8 heteroatoms. The summed E-state index contributed by atoms with van der Waals surface area (Å²) in [6.07, 6.45) is 5.25. The van der Waals surface area contributed by atoms with Crippen molar-refractivity contribution in [2.24, 2.45) is 5.84 Å². The lowest BCUT2D eigenvalue weighted by molar-refractivity contribution is 0.292. The minimum absolute atomic E-state index is 0.256. The minimum Gasteiger partial charge on any atom is -0.463 e. The summed E-state index contributed by atoms with van der Waals surface area (Å²) in [6.45, 7) is 3.24. The topological polar surface area (TPSA) is 111 Å². The van der Waals surface area contributed by atoms with Gasteiger partial charge in [-0.3, -0.25) is 10.4 Å². The lowest BCUT2D eigenvalue weighted by Gasteiger charge is -2.09. The van der Waals surface area contributed by atoms with Crippen LogP contribution in [0.5, 0.6) is 6.01 Å². The van der Waals surface area contributed by atoms with E-state index >= 15 is 0 Å². The molecule has 0 aliphatic heterocycles. The molecule has 112 valence electrons. The molecular weight excluding hydrogens is 270 g/mol. The Bertz CT molecular complexity index is 549. The van der Waals surface area contributed by atoms with Gasteiger partial charge in [-0.1, -0.05) is 6.92 Å². The fourth-order valence-electron chi connectivity index (χ4n) is 1.63. The zero-order valence-electron chi connectivity index (χ0n) is 11.9. The standard InChI is InChI=1S/C13H19N7O/c1-2-9-21-13-18-11(17-12(19-13)20-14)16-8-5-10-3-6-15-7-4-10/h3-4,6-7H,2,5,8-9,14H2,1H3,(H2,16,17,18,19,20). The van der Waals surface area contributed by atoms with Crippen LogP contribution in [-0.4, -0.2) is 33.1 Å². The number of ether oxygens (including phenoxy) is 1. The summed E-state index contributed by atoms with van der Waals surface area (Å²) >= 11 is 0. The van der Waals surface area contributed by atoms with Gasteiger partial charge in [0.05, 0.1) is 6.61 Å². The fraction of sp³-hybridized carbons (Fsp3) is 0.385. The summed E-state index contributed by atoms with van der Waals surface area (Å²) in [6, 6.07) is 4.20. The van der Waals surface area contributed by atoms with E-state index in [2.05, 4.69) is 30.7 Å². The molecule has 8 nitrogen and oxygen atoms in total. The normalized spacial score (nSPS) is 10.2. The van der Waals surface area contributed by atoms with Crippen molar-refractivity contribution < 1.29 is 4.74 Å². The van der Waals surface area contributed by atoms with Crippen molar-refractivity contribution in [2.75, 3.05) is 23.9 Å². The second-order valence-electron chi connectivity index (χ2n) is 4.29. The smallest absolute Gasteiger partial charge is 0.323 e. The van der Waals surface area contributed by atoms with E-state index in [4.69, 9.17) is 10.6 Å². The van der Waals surface area contributed by atoms with Crippen molar-refractivity contribution in [3.8, 4) is 6.01 Å². The van der Waals surface area contributed by atoms with E-state index in [0.717, 1.165) is 12.8 Å². The van der Waals surface area contributed by atoms with Gasteiger partial charge in [-0.25, -0.2) is 5.84 Å². The quantitative estimate of drug-likeness (QED) is 0.487. The van der Waals surface area contributed by atoms with Gasteiger partial charge in [0.15, 0.2) is 0 Å². The van der Waals surface area contributed by atoms with E-state index in [1.54, 1.807) is 12.4 Å². The minimum atomic E-state index is 0.256. The van der Waals surface area contributed by atoms with E-state index in [-0.39, 0.29) is 12.0 Å². The van der Waals surface area contributed by atoms with Gasteiger partial charge in [0.2, 0.25) is 11.9 Å². The third-order valence-electron chi connectivity index (χ3n) is 2.63. The first-order valence-electron chi connectivity index (χ1n) is 6.80. The first kappa shape index (κ1) is 14.9. The van der Waals surface area contributed by atoms with Crippen molar-refractivity contribution in [3.05, 3.63) is 30.1 Å². The Morgan fingerprint density at radius 1 is 1.14 bits per heavy atom. The summed E-state index contributed by atoms with van der Waals surface area (Å²) in [7, 11) is 0. The molecule has 2 aromatic rings. The molecule has 0 saturated heterocycles. The van der Waals surface area contributed by atoms with Gasteiger partial charge in [-0.2, -0.15) is 15.0 Å². The van der Waals surface area contributed by atoms with E-state index in [9.17, 15) is 0 Å². The van der Waals surface area contributed by atoms with Gasteiger partial charge in [0.1, 0.15) is 0 Å². The fourth-order valence-corrected chi connectivity index (χ4v) is 1.63. The van der Waals surface area contributed by atoms with Crippen molar-refractivity contribution in [2.45, 2.75) is 19.8 Å². The SMILES string of the molecule is CCCOc1nc(NN)nc(NCCc2ccncc2)n1. The molecule has 0 aliphatic rings. The molecular formula is C13H19N7O. The number of aromatic nitrogens is 4. The van der Waals surface area contributed by atoms with Crippen LogP contribution in [0.1, 0.15) is 18.9 Å². The van der Waals surface area contributed by atoms with Gasteiger partial charge in [0.25, 0.3) is 0 Å². The maximum Gasteiger partial charge on any atom is 0.323 e. The second-order valence-corrected chi connectivity index (χ2v) is 4.29. The Hall–Kier alpha value is -2.48. The predicted octanol–water partition coefficient (Wildman–Crippen LogP) is 0.996. The van der Waals surface area contributed by atoms with Crippen LogP contribution in [0.2, 0.25) is 0 Å². The van der Waals surface area contributed by atoms with Crippen LogP contribution in [0.25, 0.3) is 0 Å². The molecule has 2 rings (SSSR count). The molecule has 2 heterocycles. The number of nitrogens with one attached hydrogen (secondary N) is 2. The summed E-state index contributed by atoms with van der Waals surface area (Å²) < 4.78 is 5.40. The third-order valence-corrected chi connectivity index (χ3v) is 2.63. The van der Waals surface area contributed by atoms with Gasteiger partial charge in [0, 0.05) is 18.9 Å². The van der Waals surface area contributed by atoms with Crippen molar-refractivity contribution in [3.63, 3.8) is 0 Å². The summed E-state index contributed by atoms with van der Waals surface area (Å²) in [4.78, 5) is 16.3. The molecule has 0 spiro atoms. The molecule has 4 N–H and O–H groups in total. The van der Waals surface area contributed by atoms with Gasteiger partial charge in [-0.15, -0.1) is 0 Å². The maximum absolute atomic E-state index is 5.40. The summed E-state index contributed by atoms with van der Waals surface area (Å²) in [5, 5.41) is 3.13. The number of hydrogen-bond acceptors (Lipinski definition) is 8. The number of nitrogen functional groups attached to an aromatic ring is 1. The second kappa shape index (κ2) is 7.95. The van der Waals surface area contributed by atoms with E-state index in [1.807, 2.05) is 19.1 Å².